The van der Waals surface area contributed by atoms with Crippen molar-refractivity contribution in [2.75, 3.05) is 13.7 Å². The fourth-order valence-electron chi connectivity index (χ4n) is 2.35. The SMILES string of the molecule is COc1cc(C2(CN)CC(O)C2)ccc1Br. The summed E-state index contributed by atoms with van der Waals surface area (Å²) >= 11 is 3.43. The normalized spacial score (nSPS) is 28.6. The molecule has 0 radical (unpaired) electrons. The molecular weight excluding hydrogens is 270 g/mol. The van der Waals surface area contributed by atoms with Gasteiger partial charge in [-0.05, 0) is 46.5 Å². The predicted molar refractivity (Wildman–Crippen MR) is 66.7 cm³/mol. The summed E-state index contributed by atoms with van der Waals surface area (Å²) in [5.41, 5.74) is 6.92. The van der Waals surface area contributed by atoms with Crippen molar-refractivity contribution >= 4 is 15.9 Å². The molecule has 1 aliphatic carbocycles. The fourth-order valence-corrected chi connectivity index (χ4v) is 2.76. The Hall–Kier alpha value is -0.580. The van der Waals surface area contributed by atoms with E-state index in [1.54, 1.807) is 7.11 Å². The first-order chi connectivity index (χ1) is 7.61. The van der Waals surface area contributed by atoms with Crippen molar-refractivity contribution in [2.45, 2.75) is 24.4 Å². The van der Waals surface area contributed by atoms with Gasteiger partial charge in [-0.1, -0.05) is 6.07 Å². The lowest BCUT2D eigenvalue weighted by molar-refractivity contribution is 0.0220. The predicted octanol–water partition coefficient (Wildman–Crippen LogP) is 1.81. The minimum Gasteiger partial charge on any atom is -0.496 e. The van der Waals surface area contributed by atoms with Crippen LogP contribution in [0.4, 0.5) is 0 Å². The van der Waals surface area contributed by atoms with Gasteiger partial charge in [-0.3, -0.25) is 0 Å². The summed E-state index contributed by atoms with van der Waals surface area (Å²) in [6.07, 6.45) is 1.28. The van der Waals surface area contributed by atoms with Crippen LogP contribution in [0.3, 0.4) is 0 Å². The summed E-state index contributed by atoms with van der Waals surface area (Å²) in [4.78, 5) is 0. The van der Waals surface area contributed by atoms with Gasteiger partial charge in [0.15, 0.2) is 0 Å². The molecule has 0 bridgehead atoms. The minimum atomic E-state index is -0.210. The number of methoxy groups -OCH3 is 1. The zero-order valence-corrected chi connectivity index (χ0v) is 10.8. The third kappa shape index (κ3) is 1.85. The molecule has 0 spiro atoms. The number of hydrogen-bond acceptors (Lipinski definition) is 3. The van der Waals surface area contributed by atoms with E-state index in [-0.39, 0.29) is 11.5 Å². The summed E-state index contributed by atoms with van der Waals surface area (Å²) in [6.45, 7) is 0.564. The Morgan fingerprint density at radius 2 is 2.25 bits per heavy atom. The number of nitrogens with two attached hydrogens (primary N) is 1. The molecule has 0 unspecified atom stereocenters. The molecule has 1 aliphatic rings. The third-order valence-electron chi connectivity index (χ3n) is 3.41. The number of aliphatic hydroxyl groups is 1. The average molecular weight is 286 g/mol. The second kappa shape index (κ2) is 4.35. The van der Waals surface area contributed by atoms with Crippen LogP contribution in [0, 0.1) is 0 Å². The Kier molecular flexibility index (Phi) is 3.24. The van der Waals surface area contributed by atoms with Crippen LogP contribution in [-0.4, -0.2) is 24.9 Å². The summed E-state index contributed by atoms with van der Waals surface area (Å²) in [6, 6.07) is 6.02. The highest BCUT2D eigenvalue weighted by atomic mass is 79.9. The molecule has 0 heterocycles. The lowest BCUT2D eigenvalue weighted by Crippen LogP contribution is -2.49. The van der Waals surface area contributed by atoms with E-state index in [0.717, 1.165) is 28.6 Å². The molecule has 0 aromatic heterocycles. The number of rotatable bonds is 3. The van der Waals surface area contributed by atoms with E-state index in [1.807, 2.05) is 18.2 Å². The van der Waals surface area contributed by atoms with Crippen LogP contribution < -0.4 is 10.5 Å². The van der Waals surface area contributed by atoms with Crippen molar-refractivity contribution in [2.24, 2.45) is 5.73 Å². The molecule has 1 saturated carbocycles. The molecule has 0 amide bonds. The van der Waals surface area contributed by atoms with E-state index in [9.17, 15) is 5.11 Å². The van der Waals surface area contributed by atoms with Crippen molar-refractivity contribution in [3.8, 4) is 5.75 Å². The number of benzene rings is 1. The first-order valence-corrected chi connectivity index (χ1v) is 6.13. The first-order valence-electron chi connectivity index (χ1n) is 5.33. The average Bonchev–Trinajstić information content (AvgIpc) is 2.25. The molecule has 2 rings (SSSR count). The molecular formula is C12H16BrNO2. The van der Waals surface area contributed by atoms with Crippen LogP contribution >= 0.6 is 15.9 Å². The maximum Gasteiger partial charge on any atom is 0.133 e. The minimum absolute atomic E-state index is 0.0621. The smallest absolute Gasteiger partial charge is 0.133 e. The number of hydrogen-bond donors (Lipinski definition) is 2. The highest BCUT2D eigenvalue weighted by molar-refractivity contribution is 9.10. The van der Waals surface area contributed by atoms with Gasteiger partial charge in [0.1, 0.15) is 5.75 Å². The molecule has 3 N–H and O–H groups in total. The van der Waals surface area contributed by atoms with Gasteiger partial charge >= 0.3 is 0 Å². The van der Waals surface area contributed by atoms with Gasteiger partial charge in [0, 0.05) is 12.0 Å². The van der Waals surface area contributed by atoms with Gasteiger partial charge in [0.05, 0.1) is 17.7 Å². The Bertz CT molecular complexity index is 389. The standard InChI is InChI=1S/C12H16BrNO2/c1-16-11-4-8(2-3-10(11)13)12(7-14)5-9(15)6-12/h2-4,9,15H,5-7,14H2,1H3. The van der Waals surface area contributed by atoms with Crippen LogP contribution in [0.1, 0.15) is 18.4 Å². The molecule has 1 aromatic carbocycles. The molecule has 0 atom stereocenters. The Morgan fingerprint density at radius 3 is 2.75 bits per heavy atom. The van der Waals surface area contributed by atoms with Crippen molar-refractivity contribution in [1.29, 1.82) is 0 Å². The quantitative estimate of drug-likeness (QED) is 0.891. The highest BCUT2D eigenvalue weighted by Crippen LogP contribution is 2.44. The third-order valence-corrected chi connectivity index (χ3v) is 4.06. The lowest BCUT2D eigenvalue weighted by Gasteiger charge is -2.45. The van der Waals surface area contributed by atoms with Gasteiger partial charge in [0.25, 0.3) is 0 Å². The van der Waals surface area contributed by atoms with Gasteiger partial charge in [-0.2, -0.15) is 0 Å². The van der Waals surface area contributed by atoms with Gasteiger partial charge in [-0.25, -0.2) is 0 Å². The molecule has 88 valence electrons. The Balaban J connectivity index is 2.33. The number of ether oxygens (including phenoxy) is 1. The maximum atomic E-state index is 9.46. The Labute approximate surface area is 104 Å². The van der Waals surface area contributed by atoms with Crippen LogP contribution in [0.25, 0.3) is 0 Å². The monoisotopic (exact) mass is 285 g/mol. The van der Waals surface area contributed by atoms with E-state index >= 15 is 0 Å². The van der Waals surface area contributed by atoms with Gasteiger partial charge in [-0.15, -0.1) is 0 Å². The van der Waals surface area contributed by atoms with E-state index in [2.05, 4.69) is 15.9 Å². The van der Waals surface area contributed by atoms with E-state index in [4.69, 9.17) is 10.5 Å². The highest BCUT2D eigenvalue weighted by Gasteiger charge is 2.43. The number of halogens is 1. The van der Waals surface area contributed by atoms with E-state index < -0.39 is 0 Å². The second-order valence-electron chi connectivity index (χ2n) is 4.40. The Morgan fingerprint density at radius 1 is 1.56 bits per heavy atom. The molecule has 1 aromatic rings. The number of aliphatic hydroxyl groups excluding tert-OH is 1. The van der Waals surface area contributed by atoms with E-state index in [1.165, 1.54) is 0 Å². The molecule has 0 saturated heterocycles. The summed E-state index contributed by atoms with van der Waals surface area (Å²) < 4.78 is 6.21. The molecule has 3 nitrogen and oxygen atoms in total. The zero-order valence-electron chi connectivity index (χ0n) is 9.24. The van der Waals surface area contributed by atoms with Crippen molar-refractivity contribution in [3.05, 3.63) is 28.2 Å². The molecule has 1 fully saturated rings. The van der Waals surface area contributed by atoms with Gasteiger partial charge < -0.3 is 15.6 Å². The van der Waals surface area contributed by atoms with Crippen molar-refractivity contribution in [3.63, 3.8) is 0 Å². The van der Waals surface area contributed by atoms with Crippen molar-refractivity contribution < 1.29 is 9.84 Å². The zero-order chi connectivity index (χ0) is 11.8. The van der Waals surface area contributed by atoms with Crippen LogP contribution in [0.5, 0.6) is 5.75 Å². The topological polar surface area (TPSA) is 55.5 Å². The van der Waals surface area contributed by atoms with Crippen LogP contribution in [0.15, 0.2) is 22.7 Å². The molecule has 16 heavy (non-hydrogen) atoms. The largest absolute Gasteiger partial charge is 0.496 e. The first kappa shape index (κ1) is 11.9. The second-order valence-corrected chi connectivity index (χ2v) is 5.25. The van der Waals surface area contributed by atoms with Crippen LogP contribution in [-0.2, 0) is 5.41 Å². The van der Waals surface area contributed by atoms with Crippen LogP contribution in [0.2, 0.25) is 0 Å². The molecule has 0 aliphatic heterocycles. The summed E-state index contributed by atoms with van der Waals surface area (Å²) in [5.74, 6) is 0.812. The summed E-state index contributed by atoms with van der Waals surface area (Å²) in [5, 5.41) is 9.46. The van der Waals surface area contributed by atoms with Gasteiger partial charge in [0.2, 0.25) is 0 Å². The lowest BCUT2D eigenvalue weighted by atomic mass is 9.63. The maximum absolute atomic E-state index is 9.46. The molecule has 4 heteroatoms. The van der Waals surface area contributed by atoms with E-state index in [0.29, 0.717) is 6.54 Å². The van der Waals surface area contributed by atoms with Crippen molar-refractivity contribution in [1.82, 2.24) is 0 Å². The summed E-state index contributed by atoms with van der Waals surface area (Å²) in [7, 11) is 1.65. The fraction of sp³-hybridized carbons (Fsp3) is 0.500.